The van der Waals surface area contributed by atoms with E-state index in [0.717, 1.165) is 45.7 Å². The second-order valence-corrected chi connectivity index (χ2v) is 6.44. The minimum Gasteiger partial charge on any atom is -0.381 e. The molecule has 2 aliphatic heterocycles. The number of likely N-dealkylation sites (tertiary alicyclic amines) is 1. The lowest BCUT2D eigenvalue weighted by molar-refractivity contribution is 0.0663. The van der Waals surface area contributed by atoms with Crippen LogP contribution in [0.1, 0.15) is 32.1 Å². The van der Waals surface area contributed by atoms with E-state index >= 15 is 0 Å². The number of nitrogens with zero attached hydrogens (tertiary/aromatic N) is 1. The summed E-state index contributed by atoms with van der Waals surface area (Å²) in [4.78, 5) is 14.1. The summed E-state index contributed by atoms with van der Waals surface area (Å²) in [6, 6.07) is 0.251. The summed E-state index contributed by atoms with van der Waals surface area (Å²) in [6.45, 7) is 4.02. The first-order valence-corrected chi connectivity index (χ1v) is 7.56. The quantitative estimate of drug-likeness (QED) is 0.782. The van der Waals surface area contributed by atoms with Gasteiger partial charge in [-0.15, -0.1) is 0 Å². The molecular formula is C14H25N3O2. The third kappa shape index (κ3) is 2.58. The number of ether oxygens (including phenoxy) is 1. The van der Waals surface area contributed by atoms with E-state index in [1.54, 1.807) is 0 Å². The summed E-state index contributed by atoms with van der Waals surface area (Å²) in [7, 11) is 0. The van der Waals surface area contributed by atoms with Crippen molar-refractivity contribution >= 4 is 6.03 Å². The van der Waals surface area contributed by atoms with E-state index in [9.17, 15) is 4.79 Å². The number of rotatable bonds is 2. The second kappa shape index (κ2) is 5.29. The van der Waals surface area contributed by atoms with Gasteiger partial charge in [0.05, 0.1) is 0 Å². The average molecular weight is 267 g/mol. The molecule has 1 aliphatic carbocycles. The average Bonchev–Trinajstić information content (AvgIpc) is 2.75. The lowest BCUT2D eigenvalue weighted by atomic mass is 9.66. The van der Waals surface area contributed by atoms with Crippen molar-refractivity contribution in [1.82, 2.24) is 10.2 Å². The molecule has 0 radical (unpaired) electrons. The molecule has 3 aliphatic rings. The highest BCUT2D eigenvalue weighted by molar-refractivity contribution is 5.74. The van der Waals surface area contributed by atoms with E-state index < -0.39 is 0 Å². The van der Waals surface area contributed by atoms with Crippen LogP contribution in [-0.4, -0.2) is 49.8 Å². The van der Waals surface area contributed by atoms with Gasteiger partial charge in [0.1, 0.15) is 0 Å². The molecule has 1 saturated carbocycles. The number of nitrogens with two attached hydrogens (primary N) is 1. The van der Waals surface area contributed by atoms with Crippen molar-refractivity contribution in [1.29, 1.82) is 0 Å². The molecule has 1 spiro atoms. The predicted molar refractivity (Wildman–Crippen MR) is 72.8 cm³/mol. The van der Waals surface area contributed by atoms with E-state index in [4.69, 9.17) is 10.5 Å². The predicted octanol–water partition coefficient (Wildman–Crippen LogP) is 0.936. The zero-order valence-corrected chi connectivity index (χ0v) is 11.6. The van der Waals surface area contributed by atoms with Crippen molar-refractivity contribution < 1.29 is 9.53 Å². The fraction of sp³-hybridized carbons (Fsp3) is 0.929. The standard InChI is InChI=1S/C14H25N3O2/c15-12-9-17(10-14(12)4-1-5-14)13(18)16-8-11-2-6-19-7-3-11/h11-12H,1-10,15H2,(H,16,18). The van der Waals surface area contributed by atoms with Gasteiger partial charge >= 0.3 is 6.03 Å². The molecule has 0 aromatic rings. The van der Waals surface area contributed by atoms with Crippen molar-refractivity contribution in [2.24, 2.45) is 17.1 Å². The molecule has 0 bridgehead atoms. The zero-order valence-electron chi connectivity index (χ0n) is 11.6. The maximum Gasteiger partial charge on any atom is 0.317 e. The van der Waals surface area contributed by atoms with Gasteiger partial charge < -0.3 is 20.7 Å². The van der Waals surface area contributed by atoms with Gasteiger partial charge in [-0.25, -0.2) is 4.79 Å². The van der Waals surface area contributed by atoms with Crippen LogP contribution in [0, 0.1) is 11.3 Å². The van der Waals surface area contributed by atoms with Crippen LogP contribution < -0.4 is 11.1 Å². The molecule has 2 saturated heterocycles. The molecule has 3 fully saturated rings. The van der Waals surface area contributed by atoms with Gasteiger partial charge in [-0.2, -0.15) is 0 Å². The van der Waals surface area contributed by atoms with Gasteiger partial charge in [0.15, 0.2) is 0 Å². The highest BCUT2D eigenvalue weighted by atomic mass is 16.5. The minimum atomic E-state index is 0.0747. The van der Waals surface area contributed by atoms with Crippen LogP contribution >= 0.6 is 0 Å². The highest BCUT2D eigenvalue weighted by Crippen LogP contribution is 2.47. The third-order valence-electron chi connectivity index (χ3n) is 5.23. The van der Waals surface area contributed by atoms with Gasteiger partial charge in [0.25, 0.3) is 0 Å². The van der Waals surface area contributed by atoms with E-state index in [-0.39, 0.29) is 17.5 Å². The number of nitrogens with one attached hydrogen (secondary N) is 1. The molecule has 19 heavy (non-hydrogen) atoms. The Hall–Kier alpha value is -0.810. The second-order valence-electron chi connectivity index (χ2n) is 6.44. The maximum absolute atomic E-state index is 12.2. The molecule has 5 nitrogen and oxygen atoms in total. The van der Waals surface area contributed by atoms with Crippen LogP contribution in [0.4, 0.5) is 4.79 Å². The molecular weight excluding hydrogens is 242 g/mol. The lowest BCUT2D eigenvalue weighted by Crippen LogP contribution is -2.45. The van der Waals surface area contributed by atoms with Gasteiger partial charge in [-0.1, -0.05) is 6.42 Å². The highest BCUT2D eigenvalue weighted by Gasteiger charge is 2.49. The Morgan fingerprint density at radius 2 is 2.11 bits per heavy atom. The topological polar surface area (TPSA) is 67.6 Å². The van der Waals surface area contributed by atoms with Crippen LogP contribution in [0.25, 0.3) is 0 Å². The Morgan fingerprint density at radius 3 is 2.68 bits per heavy atom. The number of amides is 2. The zero-order chi connectivity index (χ0) is 13.3. The molecule has 1 unspecified atom stereocenters. The molecule has 2 amide bonds. The van der Waals surface area contributed by atoms with Gasteiger partial charge in [0.2, 0.25) is 0 Å². The molecule has 3 rings (SSSR count). The largest absolute Gasteiger partial charge is 0.381 e. The summed E-state index contributed by atoms with van der Waals surface area (Å²) in [5.41, 5.74) is 6.45. The first kappa shape index (κ1) is 13.2. The molecule has 3 N–H and O–H groups in total. The molecule has 5 heteroatoms. The Labute approximate surface area is 114 Å². The Balaban J connectivity index is 1.45. The normalized spacial score (nSPS) is 30.4. The van der Waals surface area contributed by atoms with Gasteiger partial charge in [-0.3, -0.25) is 0 Å². The molecule has 108 valence electrons. The van der Waals surface area contributed by atoms with E-state index in [0.29, 0.717) is 5.92 Å². The van der Waals surface area contributed by atoms with Crippen LogP contribution in [-0.2, 0) is 4.74 Å². The van der Waals surface area contributed by atoms with Gasteiger partial charge in [-0.05, 0) is 31.6 Å². The Morgan fingerprint density at radius 1 is 1.37 bits per heavy atom. The molecule has 0 aromatic heterocycles. The lowest BCUT2D eigenvalue weighted by Gasteiger charge is -2.41. The van der Waals surface area contributed by atoms with E-state index in [1.165, 1.54) is 19.3 Å². The van der Waals surface area contributed by atoms with Crippen molar-refractivity contribution in [2.45, 2.75) is 38.1 Å². The summed E-state index contributed by atoms with van der Waals surface area (Å²) in [6.07, 6.45) is 5.77. The molecule has 2 heterocycles. The monoisotopic (exact) mass is 267 g/mol. The van der Waals surface area contributed by atoms with Crippen LogP contribution in [0.15, 0.2) is 0 Å². The number of carbonyl (C=O) groups is 1. The van der Waals surface area contributed by atoms with Crippen molar-refractivity contribution in [3.8, 4) is 0 Å². The summed E-state index contributed by atoms with van der Waals surface area (Å²) >= 11 is 0. The van der Waals surface area contributed by atoms with Gasteiger partial charge in [0, 0.05) is 44.3 Å². The Bertz CT molecular complexity index is 338. The number of hydrogen-bond donors (Lipinski definition) is 2. The van der Waals surface area contributed by atoms with E-state index in [2.05, 4.69) is 5.32 Å². The third-order valence-corrected chi connectivity index (χ3v) is 5.23. The summed E-state index contributed by atoms with van der Waals surface area (Å²) in [5, 5.41) is 3.08. The number of carbonyl (C=O) groups excluding carboxylic acids is 1. The molecule has 1 atom stereocenters. The number of hydrogen-bond acceptors (Lipinski definition) is 3. The van der Waals surface area contributed by atoms with Crippen molar-refractivity contribution in [3.05, 3.63) is 0 Å². The maximum atomic E-state index is 12.2. The smallest absolute Gasteiger partial charge is 0.317 e. The van der Waals surface area contributed by atoms with Crippen molar-refractivity contribution in [3.63, 3.8) is 0 Å². The number of urea groups is 1. The fourth-order valence-corrected chi connectivity index (χ4v) is 3.60. The summed E-state index contributed by atoms with van der Waals surface area (Å²) < 4.78 is 5.33. The summed E-state index contributed by atoms with van der Waals surface area (Å²) in [5.74, 6) is 0.576. The van der Waals surface area contributed by atoms with Crippen molar-refractivity contribution in [2.75, 3.05) is 32.8 Å². The minimum absolute atomic E-state index is 0.0747. The van der Waals surface area contributed by atoms with Crippen LogP contribution in [0.3, 0.4) is 0 Å². The molecule has 0 aromatic carbocycles. The van der Waals surface area contributed by atoms with E-state index in [1.807, 2.05) is 4.90 Å². The fourth-order valence-electron chi connectivity index (χ4n) is 3.60. The first-order valence-electron chi connectivity index (χ1n) is 7.56. The first-order chi connectivity index (χ1) is 9.20. The SMILES string of the molecule is NC1CN(C(=O)NCC2CCOCC2)CC12CCC2. The van der Waals surface area contributed by atoms with Crippen LogP contribution in [0.5, 0.6) is 0 Å². The Kier molecular flexibility index (Phi) is 3.67. The van der Waals surface area contributed by atoms with Crippen LogP contribution in [0.2, 0.25) is 0 Å².